The number of fused-ring (bicyclic) bond motifs is 2. The fourth-order valence-electron chi connectivity index (χ4n) is 4.65. The molecule has 0 aliphatic rings. The fraction of sp³-hybridized carbons (Fsp3) is 0.133. The van der Waals surface area contributed by atoms with Gasteiger partial charge in [0, 0.05) is 24.0 Å². The van der Waals surface area contributed by atoms with Crippen molar-refractivity contribution < 1.29 is 0 Å². The van der Waals surface area contributed by atoms with Gasteiger partial charge in [-0.25, -0.2) is 0 Å². The van der Waals surface area contributed by atoms with Gasteiger partial charge in [0.2, 0.25) is 0 Å². The van der Waals surface area contributed by atoms with Crippen molar-refractivity contribution in [1.82, 2.24) is 0 Å². The average Bonchev–Trinajstić information content (AvgIpc) is 2.81. The molecule has 0 N–H and O–H groups in total. The third-order valence-corrected chi connectivity index (χ3v) is 6.19. The van der Waals surface area contributed by atoms with Crippen LogP contribution in [0.15, 0.2) is 98.1 Å². The smallest absolute Gasteiger partial charge is 0.0497 e. The van der Waals surface area contributed by atoms with Gasteiger partial charge in [0.05, 0.1) is 0 Å². The Morgan fingerprint density at radius 2 is 1.55 bits per heavy atom. The standard InChI is InChI=1S/C30H29N/c1-6-13-22(7-2)30-25(8-3)27-17-12-10-15-24(27)20-29(30)31(5)28-19-18-23-14-9-11-16-26(23)21(28)4/h6-7,9-20H,1-2,8H2,3-5H3/b22-13+. The van der Waals surface area contributed by atoms with Crippen molar-refractivity contribution >= 4 is 38.5 Å². The second kappa shape index (κ2) is 8.65. The first-order valence-electron chi connectivity index (χ1n) is 10.8. The van der Waals surface area contributed by atoms with Crippen LogP contribution in [0.2, 0.25) is 0 Å². The lowest BCUT2D eigenvalue weighted by Gasteiger charge is -2.28. The van der Waals surface area contributed by atoms with E-state index in [2.05, 4.69) is 112 Å². The topological polar surface area (TPSA) is 3.24 Å². The Morgan fingerprint density at radius 3 is 2.23 bits per heavy atom. The predicted molar refractivity (Wildman–Crippen MR) is 138 cm³/mol. The van der Waals surface area contributed by atoms with E-state index in [1.165, 1.54) is 49.6 Å². The molecule has 31 heavy (non-hydrogen) atoms. The molecule has 0 fully saturated rings. The van der Waals surface area contributed by atoms with Gasteiger partial charge in [0.15, 0.2) is 0 Å². The maximum atomic E-state index is 4.11. The molecule has 0 amide bonds. The molecule has 0 saturated heterocycles. The lowest BCUT2D eigenvalue weighted by atomic mass is 9.89. The van der Waals surface area contributed by atoms with Crippen molar-refractivity contribution in [3.8, 4) is 0 Å². The van der Waals surface area contributed by atoms with Gasteiger partial charge in [-0.3, -0.25) is 0 Å². The van der Waals surface area contributed by atoms with Crippen LogP contribution >= 0.6 is 0 Å². The molecular formula is C30H29N. The van der Waals surface area contributed by atoms with Crippen LogP contribution in [0.5, 0.6) is 0 Å². The quantitative estimate of drug-likeness (QED) is 0.292. The van der Waals surface area contributed by atoms with E-state index in [1.54, 1.807) is 0 Å². The molecule has 1 heteroatoms. The van der Waals surface area contributed by atoms with E-state index in [0.29, 0.717) is 0 Å². The van der Waals surface area contributed by atoms with Gasteiger partial charge in [0.25, 0.3) is 0 Å². The molecule has 0 aliphatic heterocycles. The zero-order valence-electron chi connectivity index (χ0n) is 18.7. The van der Waals surface area contributed by atoms with Gasteiger partial charge in [-0.05, 0) is 63.7 Å². The summed E-state index contributed by atoms with van der Waals surface area (Å²) in [6, 6.07) is 24.0. The van der Waals surface area contributed by atoms with Crippen molar-refractivity contribution in [2.24, 2.45) is 0 Å². The highest BCUT2D eigenvalue weighted by Gasteiger charge is 2.19. The second-order valence-corrected chi connectivity index (χ2v) is 7.88. The number of nitrogens with zero attached hydrogens (tertiary/aromatic N) is 1. The summed E-state index contributed by atoms with van der Waals surface area (Å²) in [6.07, 6.45) is 6.78. The summed E-state index contributed by atoms with van der Waals surface area (Å²) < 4.78 is 0. The van der Waals surface area contributed by atoms with Crippen LogP contribution < -0.4 is 4.90 Å². The summed E-state index contributed by atoms with van der Waals surface area (Å²) in [5.41, 5.74) is 7.34. The summed E-state index contributed by atoms with van der Waals surface area (Å²) in [6.45, 7) is 12.5. The second-order valence-electron chi connectivity index (χ2n) is 7.88. The zero-order valence-corrected chi connectivity index (χ0v) is 18.7. The van der Waals surface area contributed by atoms with E-state index >= 15 is 0 Å². The molecule has 0 aromatic heterocycles. The highest BCUT2D eigenvalue weighted by molar-refractivity contribution is 6.00. The fourth-order valence-corrected chi connectivity index (χ4v) is 4.65. The largest absolute Gasteiger partial charge is 0.344 e. The molecule has 4 aromatic carbocycles. The summed E-state index contributed by atoms with van der Waals surface area (Å²) >= 11 is 0. The van der Waals surface area contributed by atoms with Gasteiger partial charge < -0.3 is 4.90 Å². The van der Waals surface area contributed by atoms with Crippen molar-refractivity contribution in [2.75, 3.05) is 11.9 Å². The minimum atomic E-state index is 0.941. The zero-order chi connectivity index (χ0) is 22.0. The summed E-state index contributed by atoms with van der Waals surface area (Å²) in [5.74, 6) is 0. The molecule has 154 valence electrons. The van der Waals surface area contributed by atoms with Crippen molar-refractivity contribution in [2.45, 2.75) is 20.3 Å². The molecule has 0 atom stereocenters. The van der Waals surface area contributed by atoms with Crippen LogP contribution in [0.1, 0.15) is 23.6 Å². The third-order valence-electron chi connectivity index (χ3n) is 6.19. The maximum absolute atomic E-state index is 4.11. The van der Waals surface area contributed by atoms with E-state index in [0.717, 1.165) is 12.0 Å². The molecule has 4 aromatic rings. The van der Waals surface area contributed by atoms with Crippen molar-refractivity contribution in [1.29, 1.82) is 0 Å². The minimum absolute atomic E-state index is 0.941. The summed E-state index contributed by atoms with van der Waals surface area (Å²) in [7, 11) is 2.17. The summed E-state index contributed by atoms with van der Waals surface area (Å²) in [4.78, 5) is 2.32. The van der Waals surface area contributed by atoms with Gasteiger partial charge >= 0.3 is 0 Å². The minimum Gasteiger partial charge on any atom is -0.344 e. The number of allylic oxidation sites excluding steroid dienone is 4. The van der Waals surface area contributed by atoms with Gasteiger partial charge in [0.1, 0.15) is 0 Å². The SMILES string of the molecule is C=C/C=C(\C=C)c1c(N(C)c2ccc3ccccc3c2C)cc2ccccc2c1CC. The number of hydrogen-bond donors (Lipinski definition) is 0. The Balaban J connectivity index is 2.04. The van der Waals surface area contributed by atoms with Crippen LogP contribution in [0, 0.1) is 6.92 Å². The first kappa shape index (κ1) is 20.7. The molecule has 0 bridgehead atoms. The Morgan fingerprint density at radius 1 is 0.871 bits per heavy atom. The highest BCUT2D eigenvalue weighted by Crippen LogP contribution is 2.41. The monoisotopic (exact) mass is 403 g/mol. The lowest BCUT2D eigenvalue weighted by Crippen LogP contribution is -2.14. The molecule has 0 heterocycles. The molecule has 0 aliphatic carbocycles. The van der Waals surface area contributed by atoms with Gasteiger partial charge in [-0.1, -0.05) is 92.9 Å². The Hall–Kier alpha value is -3.58. The molecule has 0 spiro atoms. The van der Waals surface area contributed by atoms with Gasteiger partial charge in [-0.2, -0.15) is 0 Å². The Labute approximate surface area is 185 Å². The predicted octanol–water partition coefficient (Wildman–Crippen LogP) is 8.39. The van der Waals surface area contributed by atoms with E-state index in [-0.39, 0.29) is 0 Å². The normalized spacial score (nSPS) is 11.6. The summed E-state index contributed by atoms with van der Waals surface area (Å²) in [5, 5.41) is 5.11. The maximum Gasteiger partial charge on any atom is 0.0497 e. The van der Waals surface area contributed by atoms with Crippen LogP contribution in [0.4, 0.5) is 11.4 Å². The average molecular weight is 404 g/mol. The van der Waals surface area contributed by atoms with E-state index in [9.17, 15) is 0 Å². The molecule has 1 nitrogen and oxygen atoms in total. The van der Waals surface area contributed by atoms with Crippen molar-refractivity contribution in [3.63, 3.8) is 0 Å². The van der Waals surface area contributed by atoms with E-state index < -0.39 is 0 Å². The number of benzene rings is 4. The molecule has 0 unspecified atom stereocenters. The lowest BCUT2D eigenvalue weighted by molar-refractivity contribution is 1.13. The van der Waals surface area contributed by atoms with E-state index in [4.69, 9.17) is 0 Å². The highest BCUT2D eigenvalue weighted by atomic mass is 15.1. The van der Waals surface area contributed by atoms with Crippen LogP contribution in [0.25, 0.3) is 27.1 Å². The Kier molecular flexibility index (Phi) is 5.77. The number of aryl methyl sites for hydroxylation is 2. The van der Waals surface area contributed by atoms with Crippen LogP contribution in [0.3, 0.4) is 0 Å². The third kappa shape index (κ3) is 3.57. The van der Waals surface area contributed by atoms with E-state index in [1.807, 2.05) is 12.2 Å². The molecule has 4 rings (SSSR count). The first-order valence-corrected chi connectivity index (χ1v) is 10.8. The molecule has 0 radical (unpaired) electrons. The van der Waals surface area contributed by atoms with Crippen molar-refractivity contribution in [3.05, 3.63) is 115 Å². The molecule has 0 saturated carbocycles. The number of rotatable bonds is 6. The molecular weight excluding hydrogens is 374 g/mol. The Bertz CT molecular complexity index is 1320. The first-order chi connectivity index (χ1) is 15.1. The van der Waals surface area contributed by atoms with Crippen LogP contribution in [-0.2, 0) is 6.42 Å². The number of anilines is 2. The van der Waals surface area contributed by atoms with Gasteiger partial charge in [-0.15, -0.1) is 0 Å². The van der Waals surface area contributed by atoms with Crippen LogP contribution in [-0.4, -0.2) is 7.05 Å². The number of hydrogen-bond acceptors (Lipinski definition) is 1.